The van der Waals surface area contributed by atoms with Crippen LogP contribution in [0.15, 0.2) is 91.0 Å². The quantitative estimate of drug-likeness (QED) is 0.302. The molecule has 4 aromatic carbocycles. The summed E-state index contributed by atoms with van der Waals surface area (Å²) in [5, 5.41) is 10.4. The van der Waals surface area contributed by atoms with Gasteiger partial charge in [-0.1, -0.05) is 98.2 Å². The summed E-state index contributed by atoms with van der Waals surface area (Å²) >= 11 is 0. The lowest BCUT2D eigenvalue weighted by atomic mass is 9.80. The lowest BCUT2D eigenvalue weighted by molar-refractivity contribution is -0.0893. The highest BCUT2D eigenvalue weighted by Crippen LogP contribution is 2.50. The van der Waals surface area contributed by atoms with Crippen LogP contribution in [0.1, 0.15) is 52.7 Å². The molecule has 0 spiro atoms. The molecule has 0 atom stereocenters. The third kappa shape index (κ3) is 4.32. The lowest BCUT2D eigenvalue weighted by Gasteiger charge is -2.37. The van der Waals surface area contributed by atoms with Gasteiger partial charge in [0, 0.05) is 5.41 Å². The number of fused-ring (bicyclic) bond motifs is 3. The van der Waals surface area contributed by atoms with E-state index in [2.05, 4.69) is 98.8 Å². The molecule has 0 saturated heterocycles. The fraction of sp³-hybridized carbons (Fsp3) is 0.273. The Kier molecular flexibility index (Phi) is 5.98. The Bertz CT molecular complexity index is 1410. The van der Waals surface area contributed by atoms with Crippen molar-refractivity contribution in [1.82, 2.24) is 0 Å². The third-order valence-corrected chi connectivity index (χ3v) is 7.97. The Morgan fingerprint density at radius 3 is 1.75 bits per heavy atom. The summed E-state index contributed by atoms with van der Waals surface area (Å²) in [6.45, 7) is 12.0. The van der Waals surface area contributed by atoms with E-state index in [9.17, 15) is 5.11 Å². The number of aliphatic hydroxyl groups is 1. The molecule has 4 aromatic rings. The topological polar surface area (TPSA) is 29.5 Å². The maximum absolute atomic E-state index is 10.4. The first-order valence-electron chi connectivity index (χ1n) is 12.7. The molecule has 0 aromatic heterocycles. The second-order valence-corrected chi connectivity index (χ2v) is 11.4. The van der Waals surface area contributed by atoms with Crippen molar-refractivity contribution < 1.29 is 9.76 Å². The molecule has 0 saturated carbocycles. The zero-order valence-corrected chi connectivity index (χ0v) is 22.1. The van der Waals surface area contributed by atoms with Crippen LogP contribution in [0.5, 0.6) is 0 Å². The van der Waals surface area contributed by atoms with Gasteiger partial charge in [0.25, 0.3) is 0 Å². The largest absolute Gasteiger partial charge is 0.427 e. The summed E-state index contributed by atoms with van der Waals surface area (Å²) in [6, 6.07) is 32.7. The van der Waals surface area contributed by atoms with Gasteiger partial charge < -0.3 is 9.76 Å². The van der Waals surface area contributed by atoms with Crippen molar-refractivity contribution in [3.05, 3.63) is 102 Å². The van der Waals surface area contributed by atoms with E-state index in [-0.39, 0.29) is 5.41 Å². The van der Waals surface area contributed by atoms with E-state index in [1.165, 1.54) is 38.9 Å². The Labute approximate surface area is 216 Å². The molecule has 0 heterocycles. The average Bonchev–Trinajstić information content (AvgIpc) is 3.09. The minimum atomic E-state index is -0.956. The predicted octanol–water partition coefficient (Wildman–Crippen LogP) is 7.14. The van der Waals surface area contributed by atoms with Crippen molar-refractivity contribution in [3.63, 3.8) is 0 Å². The first-order chi connectivity index (χ1) is 17.0. The van der Waals surface area contributed by atoms with Gasteiger partial charge in [-0.25, -0.2) is 0 Å². The van der Waals surface area contributed by atoms with Crippen molar-refractivity contribution in [1.29, 1.82) is 0 Å². The summed E-state index contributed by atoms with van der Waals surface area (Å²) in [4.78, 5) is 0. The summed E-state index contributed by atoms with van der Waals surface area (Å²) in [7, 11) is 1.75. The second-order valence-electron chi connectivity index (χ2n) is 11.4. The van der Waals surface area contributed by atoms with Crippen LogP contribution in [0.2, 0.25) is 0 Å². The van der Waals surface area contributed by atoms with Gasteiger partial charge in [0.1, 0.15) is 0 Å². The van der Waals surface area contributed by atoms with Crippen LogP contribution in [0.25, 0.3) is 33.4 Å². The van der Waals surface area contributed by atoms with Crippen molar-refractivity contribution in [3.8, 4) is 33.4 Å². The monoisotopic (exact) mass is 473 g/mol. The van der Waals surface area contributed by atoms with Gasteiger partial charge in [0.15, 0.2) is 0 Å². The molecule has 0 amide bonds. The van der Waals surface area contributed by atoms with Gasteiger partial charge in [-0.05, 0) is 84.3 Å². The van der Waals surface area contributed by atoms with Crippen molar-refractivity contribution in [2.75, 3.05) is 0 Å². The van der Waals surface area contributed by atoms with Crippen molar-refractivity contribution >= 4 is 12.9 Å². The van der Waals surface area contributed by atoms with Gasteiger partial charge in [0.05, 0.1) is 11.2 Å². The highest BCUT2D eigenvalue weighted by molar-refractivity contribution is 6.47. The molecule has 2 nitrogen and oxygen atoms in total. The van der Waals surface area contributed by atoms with Crippen LogP contribution in [0.3, 0.4) is 0 Å². The van der Waals surface area contributed by atoms with Crippen LogP contribution in [-0.2, 0) is 10.1 Å². The molecular formula is C33H34BO2. The zero-order chi connectivity index (χ0) is 25.7. The molecule has 1 N–H and O–H groups in total. The van der Waals surface area contributed by atoms with Gasteiger partial charge in [0.2, 0.25) is 0 Å². The van der Waals surface area contributed by atoms with E-state index in [1.54, 1.807) is 21.3 Å². The molecule has 0 fully saturated rings. The first kappa shape index (κ1) is 24.6. The standard InChI is InChI=1S/C33H34BO2/c1-31(2)29-20-24(22-11-8-7-9-12-22)15-17-27(29)28-18-16-25(21-30(28)31)23-13-10-14-26(19-23)34-36-33(5,6)32(3,4)35/h7-21,35H,1-6H3. The Morgan fingerprint density at radius 1 is 0.639 bits per heavy atom. The van der Waals surface area contributed by atoms with Crippen LogP contribution in [-0.4, -0.2) is 23.8 Å². The van der Waals surface area contributed by atoms with E-state index in [0.29, 0.717) is 0 Å². The maximum atomic E-state index is 10.4. The molecule has 0 unspecified atom stereocenters. The minimum Gasteiger partial charge on any atom is -0.427 e. The third-order valence-electron chi connectivity index (χ3n) is 7.97. The molecule has 1 aliphatic rings. The molecule has 0 aliphatic heterocycles. The second kappa shape index (κ2) is 8.76. The Hall–Kier alpha value is -3.14. The summed E-state index contributed by atoms with van der Waals surface area (Å²) < 4.78 is 5.99. The lowest BCUT2D eigenvalue weighted by Crippen LogP contribution is -2.49. The van der Waals surface area contributed by atoms with Crippen molar-refractivity contribution in [2.45, 2.75) is 58.2 Å². The van der Waals surface area contributed by atoms with Gasteiger partial charge >= 0.3 is 7.48 Å². The highest BCUT2D eigenvalue weighted by atomic mass is 16.5. The van der Waals surface area contributed by atoms with Gasteiger partial charge in [-0.15, -0.1) is 0 Å². The number of hydrogen-bond donors (Lipinski definition) is 1. The molecule has 1 aliphatic carbocycles. The normalized spacial score (nSPS) is 14.3. The molecule has 0 bridgehead atoms. The highest BCUT2D eigenvalue weighted by Gasteiger charge is 2.37. The van der Waals surface area contributed by atoms with E-state index >= 15 is 0 Å². The van der Waals surface area contributed by atoms with Crippen LogP contribution in [0.4, 0.5) is 0 Å². The van der Waals surface area contributed by atoms with E-state index in [4.69, 9.17) is 4.65 Å². The van der Waals surface area contributed by atoms with Gasteiger partial charge in [-0.3, -0.25) is 0 Å². The van der Waals surface area contributed by atoms with E-state index in [0.717, 1.165) is 11.0 Å². The summed E-state index contributed by atoms with van der Waals surface area (Å²) in [6.07, 6.45) is 0. The fourth-order valence-electron chi connectivity index (χ4n) is 4.88. The fourth-order valence-corrected chi connectivity index (χ4v) is 4.88. The predicted molar refractivity (Wildman–Crippen MR) is 152 cm³/mol. The number of benzene rings is 4. The van der Waals surface area contributed by atoms with Crippen LogP contribution in [0, 0.1) is 0 Å². The zero-order valence-electron chi connectivity index (χ0n) is 22.1. The minimum absolute atomic E-state index is 0.0882. The van der Waals surface area contributed by atoms with E-state index < -0.39 is 11.2 Å². The SMILES string of the molecule is CC1(C)c2cc(-c3ccccc3)ccc2-c2ccc(-c3cccc([B]OC(C)(C)C(C)(C)O)c3)cc21. The number of rotatable bonds is 6. The van der Waals surface area contributed by atoms with E-state index in [1.807, 2.05) is 19.9 Å². The molecule has 36 heavy (non-hydrogen) atoms. The molecule has 5 rings (SSSR count). The number of hydrogen-bond acceptors (Lipinski definition) is 2. The molecular weight excluding hydrogens is 439 g/mol. The molecule has 1 radical (unpaired) electrons. The van der Waals surface area contributed by atoms with Crippen LogP contribution >= 0.6 is 0 Å². The molecule has 181 valence electrons. The summed E-state index contributed by atoms with van der Waals surface area (Å²) in [5.41, 5.74) is 9.44. The summed E-state index contributed by atoms with van der Waals surface area (Å²) in [5.74, 6) is 0. The van der Waals surface area contributed by atoms with Gasteiger partial charge in [-0.2, -0.15) is 0 Å². The Morgan fingerprint density at radius 2 is 1.17 bits per heavy atom. The maximum Gasteiger partial charge on any atom is 0.330 e. The smallest absolute Gasteiger partial charge is 0.330 e. The Balaban J connectivity index is 1.46. The average molecular weight is 473 g/mol. The first-order valence-corrected chi connectivity index (χ1v) is 12.7. The van der Waals surface area contributed by atoms with Crippen molar-refractivity contribution in [2.24, 2.45) is 0 Å². The van der Waals surface area contributed by atoms with Crippen LogP contribution < -0.4 is 5.46 Å². The molecule has 3 heteroatoms.